The molecule has 0 fully saturated rings. The number of nitrogens with one attached hydrogen (secondary N) is 3. The fourth-order valence-corrected chi connectivity index (χ4v) is 6.45. The zero-order valence-electron chi connectivity index (χ0n) is 33.6. The SMILES string of the molecule is CC(C)C.CCNCCC(C)(C)CC(C)(C)C(N)=NCC(C)(C)CC(C)(C)NC(=O)CC[C@@H](O)[C@H](O)C(=O)NCC(C)(C)CC(C)C. The van der Waals surface area contributed by atoms with Crippen LogP contribution in [-0.2, 0) is 9.59 Å². The van der Waals surface area contributed by atoms with Gasteiger partial charge in [-0.3, -0.25) is 14.6 Å². The maximum atomic E-state index is 12.8. The minimum atomic E-state index is -1.58. The first-order valence-electron chi connectivity index (χ1n) is 18.0. The van der Waals surface area contributed by atoms with Crippen LogP contribution in [0.2, 0.25) is 0 Å². The molecule has 0 aromatic carbocycles. The Hall–Kier alpha value is -1.71. The number of carbonyl (C=O) groups excluding carboxylic acids is 2. The largest absolute Gasteiger partial charge is 0.390 e. The normalized spacial score (nSPS) is 14.9. The van der Waals surface area contributed by atoms with Crippen LogP contribution < -0.4 is 21.7 Å². The molecule has 280 valence electrons. The van der Waals surface area contributed by atoms with Gasteiger partial charge in [0, 0.05) is 30.5 Å². The van der Waals surface area contributed by atoms with Crippen molar-refractivity contribution < 1.29 is 19.8 Å². The number of rotatable bonds is 21. The van der Waals surface area contributed by atoms with Crippen LogP contribution in [0.3, 0.4) is 0 Å². The quantitative estimate of drug-likeness (QED) is 0.0470. The Balaban J connectivity index is 0. The highest BCUT2D eigenvalue weighted by atomic mass is 16.3. The summed E-state index contributed by atoms with van der Waals surface area (Å²) in [5, 5.41) is 29.9. The summed E-state index contributed by atoms with van der Waals surface area (Å²) < 4.78 is 0. The first kappa shape index (κ1) is 47.4. The van der Waals surface area contributed by atoms with Crippen LogP contribution >= 0.6 is 0 Å². The number of nitrogens with two attached hydrogens (primary N) is 1. The molecule has 0 saturated heterocycles. The molecule has 0 aliphatic carbocycles. The lowest BCUT2D eigenvalue weighted by Gasteiger charge is -2.37. The molecule has 0 aliphatic rings. The average molecular weight is 670 g/mol. The van der Waals surface area contributed by atoms with Crippen LogP contribution in [-0.4, -0.2) is 71.8 Å². The summed E-state index contributed by atoms with van der Waals surface area (Å²) in [6.45, 7) is 36.9. The smallest absolute Gasteiger partial charge is 0.251 e. The molecule has 0 rings (SSSR count). The highest BCUT2D eigenvalue weighted by molar-refractivity contribution is 5.86. The maximum absolute atomic E-state index is 12.8. The lowest BCUT2D eigenvalue weighted by Crippen LogP contribution is -2.48. The molecule has 0 bridgehead atoms. The Labute approximate surface area is 290 Å². The number of hydrogen-bond donors (Lipinski definition) is 6. The molecule has 7 N–H and O–H groups in total. The van der Waals surface area contributed by atoms with Crippen LogP contribution in [0.25, 0.3) is 0 Å². The third-order valence-electron chi connectivity index (χ3n) is 7.92. The molecule has 47 heavy (non-hydrogen) atoms. The number of nitrogens with zero attached hydrogens (tertiary/aromatic N) is 1. The van der Waals surface area contributed by atoms with Crippen molar-refractivity contribution >= 4 is 17.6 Å². The molecule has 0 radical (unpaired) electrons. The molecular formula is C38H79N5O4. The summed E-state index contributed by atoms with van der Waals surface area (Å²) in [7, 11) is 0. The zero-order chi connectivity index (χ0) is 37.4. The summed E-state index contributed by atoms with van der Waals surface area (Å²) in [6, 6.07) is 0. The van der Waals surface area contributed by atoms with Crippen LogP contribution in [0, 0.1) is 33.5 Å². The van der Waals surface area contributed by atoms with Gasteiger partial charge in [-0.1, -0.05) is 96.9 Å². The Morgan fingerprint density at radius 1 is 0.830 bits per heavy atom. The van der Waals surface area contributed by atoms with Crippen molar-refractivity contribution in [2.24, 2.45) is 44.2 Å². The van der Waals surface area contributed by atoms with Gasteiger partial charge in [0.2, 0.25) is 5.91 Å². The summed E-state index contributed by atoms with van der Waals surface area (Å²) >= 11 is 0. The number of aliphatic hydroxyl groups excluding tert-OH is 2. The Morgan fingerprint density at radius 3 is 1.85 bits per heavy atom. The van der Waals surface area contributed by atoms with Crippen molar-refractivity contribution in [2.45, 2.75) is 167 Å². The maximum Gasteiger partial charge on any atom is 0.251 e. The van der Waals surface area contributed by atoms with E-state index in [1.807, 2.05) is 13.8 Å². The van der Waals surface area contributed by atoms with E-state index in [4.69, 9.17) is 10.7 Å². The van der Waals surface area contributed by atoms with Crippen molar-refractivity contribution in [3.8, 4) is 0 Å². The molecule has 9 heteroatoms. The van der Waals surface area contributed by atoms with Crippen LogP contribution in [0.5, 0.6) is 0 Å². The second kappa shape index (κ2) is 20.7. The third-order valence-corrected chi connectivity index (χ3v) is 7.92. The fraction of sp³-hybridized carbons (Fsp3) is 0.921. The van der Waals surface area contributed by atoms with E-state index in [2.05, 4.69) is 113 Å². The molecule has 0 spiro atoms. The van der Waals surface area contributed by atoms with E-state index in [9.17, 15) is 19.8 Å². The first-order valence-corrected chi connectivity index (χ1v) is 18.0. The second-order valence-corrected chi connectivity index (χ2v) is 18.6. The molecular weight excluding hydrogens is 590 g/mol. The monoisotopic (exact) mass is 670 g/mol. The number of carbonyl (C=O) groups is 2. The molecule has 0 aromatic rings. The number of aliphatic hydroxyl groups is 2. The highest BCUT2D eigenvalue weighted by Crippen LogP contribution is 2.37. The number of amidine groups is 1. The predicted octanol–water partition coefficient (Wildman–Crippen LogP) is 6.45. The van der Waals surface area contributed by atoms with E-state index >= 15 is 0 Å². The van der Waals surface area contributed by atoms with Gasteiger partial charge in [-0.05, 0) is 87.1 Å². The van der Waals surface area contributed by atoms with Gasteiger partial charge >= 0.3 is 0 Å². The third kappa shape index (κ3) is 24.1. The molecule has 0 aliphatic heterocycles. The lowest BCUT2D eigenvalue weighted by molar-refractivity contribution is -0.137. The van der Waals surface area contributed by atoms with Gasteiger partial charge in [-0.2, -0.15) is 0 Å². The van der Waals surface area contributed by atoms with E-state index in [1.165, 1.54) is 0 Å². The Bertz CT molecular complexity index is 936. The fourth-order valence-electron chi connectivity index (χ4n) is 6.45. The Morgan fingerprint density at radius 2 is 1.36 bits per heavy atom. The minimum absolute atomic E-state index is 0.00292. The van der Waals surface area contributed by atoms with Gasteiger partial charge in [-0.15, -0.1) is 0 Å². The van der Waals surface area contributed by atoms with Crippen molar-refractivity contribution in [2.75, 3.05) is 26.2 Å². The van der Waals surface area contributed by atoms with Gasteiger partial charge in [0.25, 0.3) is 5.91 Å². The molecule has 9 nitrogen and oxygen atoms in total. The van der Waals surface area contributed by atoms with Crippen LogP contribution in [0.4, 0.5) is 0 Å². The number of amides is 2. The molecule has 0 unspecified atom stereocenters. The molecule has 2 atom stereocenters. The summed E-state index contributed by atoms with van der Waals surface area (Å²) in [4.78, 5) is 30.0. The molecule has 0 heterocycles. The lowest BCUT2D eigenvalue weighted by atomic mass is 9.72. The standard InChI is InChI=1S/C34H69N5O4.C4H10/c1-14-36-18-17-30(4,5)20-33(10,11)29(35)38-23-32(8,9)21-34(12,13)39-26(41)16-15-25(40)27(42)28(43)37-22-31(6,7)19-24(2)3;1-4(2)3/h24-25,27,36,40,42H,14-23H2,1-13H3,(H2,35,38)(H,37,43)(H,39,41);4H,1-3H3/t25-,27+;/m1./s1. The van der Waals surface area contributed by atoms with Gasteiger partial charge in [0.15, 0.2) is 6.10 Å². The van der Waals surface area contributed by atoms with E-state index in [-0.39, 0.29) is 40.4 Å². The van der Waals surface area contributed by atoms with E-state index < -0.39 is 23.7 Å². The topological polar surface area (TPSA) is 149 Å². The van der Waals surface area contributed by atoms with E-state index in [1.54, 1.807) is 0 Å². The van der Waals surface area contributed by atoms with Gasteiger partial charge in [0.1, 0.15) is 0 Å². The summed E-state index contributed by atoms with van der Waals surface area (Å²) in [5.41, 5.74) is 5.55. The Kier molecular flexibility index (Phi) is 20.9. The number of hydrogen-bond acceptors (Lipinski definition) is 6. The molecule has 0 saturated carbocycles. The van der Waals surface area contributed by atoms with Gasteiger partial charge in [0.05, 0.1) is 11.9 Å². The van der Waals surface area contributed by atoms with E-state index in [0.29, 0.717) is 31.3 Å². The molecule has 0 aromatic heterocycles. The first-order chi connectivity index (χ1) is 21.1. The highest BCUT2D eigenvalue weighted by Gasteiger charge is 2.34. The van der Waals surface area contributed by atoms with Crippen molar-refractivity contribution in [1.29, 1.82) is 0 Å². The number of aliphatic imine (C=N–C) groups is 1. The predicted molar refractivity (Wildman–Crippen MR) is 200 cm³/mol. The van der Waals surface area contributed by atoms with Crippen molar-refractivity contribution in [1.82, 2.24) is 16.0 Å². The van der Waals surface area contributed by atoms with Crippen LogP contribution in [0.1, 0.15) is 149 Å². The zero-order valence-corrected chi connectivity index (χ0v) is 33.6. The van der Waals surface area contributed by atoms with Crippen molar-refractivity contribution in [3.63, 3.8) is 0 Å². The van der Waals surface area contributed by atoms with Gasteiger partial charge < -0.3 is 31.9 Å². The molecule has 2 amide bonds. The van der Waals surface area contributed by atoms with Crippen LogP contribution in [0.15, 0.2) is 4.99 Å². The van der Waals surface area contributed by atoms with Crippen molar-refractivity contribution in [3.05, 3.63) is 0 Å². The second-order valence-electron chi connectivity index (χ2n) is 18.6. The average Bonchev–Trinajstić information content (AvgIpc) is 2.86. The minimum Gasteiger partial charge on any atom is -0.390 e. The summed E-state index contributed by atoms with van der Waals surface area (Å²) in [6.07, 6.45) is 0.654. The van der Waals surface area contributed by atoms with E-state index in [0.717, 1.165) is 38.3 Å². The summed E-state index contributed by atoms with van der Waals surface area (Å²) in [5.74, 6) is 1.11. The van der Waals surface area contributed by atoms with Gasteiger partial charge in [-0.25, -0.2) is 0 Å².